The number of pyridine rings is 1. The molecule has 0 radical (unpaired) electrons. The Morgan fingerprint density at radius 3 is 1.91 bits per heavy atom. The molecule has 0 fully saturated rings. The lowest BCUT2D eigenvalue weighted by atomic mass is 9.83. The maximum absolute atomic E-state index is 12.0. The quantitative estimate of drug-likeness (QED) is 0.166. The van der Waals surface area contributed by atoms with E-state index in [-0.39, 0.29) is 16.7 Å². The molecule has 4 nitrogen and oxygen atoms in total. The zero-order chi connectivity index (χ0) is 54.2. The molecule has 4 heteroatoms. The van der Waals surface area contributed by atoms with Gasteiger partial charge in [-0.25, -0.2) is 4.98 Å². The molecule has 0 amide bonds. The Morgan fingerprint density at radius 1 is 0.569 bits per heavy atom. The minimum atomic E-state index is -3.38. The molecule has 0 atom stereocenters. The molecule has 0 unspecified atom stereocenters. The number of nitrogens with zero attached hydrogens (tertiary/aromatic N) is 3. The van der Waals surface area contributed by atoms with Crippen molar-refractivity contribution in [2.75, 3.05) is 0 Å². The van der Waals surface area contributed by atoms with Gasteiger partial charge < -0.3 is 5.11 Å². The molecule has 1 N–H and O–H groups in total. The fraction of sp³-hybridized carbons (Fsp3) is 0.213. The smallest absolute Gasteiger partial charge is 0.149 e. The zero-order valence-corrected chi connectivity index (χ0v) is 37.9. The van der Waals surface area contributed by atoms with Gasteiger partial charge in [0.25, 0.3) is 0 Å². The summed E-state index contributed by atoms with van der Waals surface area (Å²) in [5.74, 6) is -0.314. The number of aryl methyl sites for hydroxylation is 2. The van der Waals surface area contributed by atoms with Crippen LogP contribution in [0.5, 0.6) is 5.75 Å². The fourth-order valence-electron chi connectivity index (χ4n) is 8.82. The lowest BCUT2D eigenvalue weighted by Gasteiger charge is -2.22. The topological polar surface area (TPSA) is 50.9 Å². The van der Waals surface area contributed by atoms with Crippen molar-refractivity contribution in [2.24, 2.45) is 0 Å². The molecular weight excluding hydrogens is 791 g/mol. The van der Waals surface area contributed by atoms with E-state index in [2.05, 4.69) is 92.1 Å². The molecular formula is C61H59N3O. The van der Waals surface area contributed by atoms with E-state index in [0.29, 0.717) is 39.3 Å². The highest BCUT2D eigenvalue weighted by Gasteiger charge is 2.26. The molecule has 0 aliphatic heterocycles. The Morgan fingerprint density at radius 2 is 1.25 bits per heavy atom. The highest BCUT2D eigenvalue weighted by atomic mass is 16.3. The molecule has 2 heterocycles. The van der Waals surface area contributed by atoms with Crippen LogP contribution in [-0.2, 0) is 10.8 Å². The number of phenols is 1. The molecule has 324 valence electrons. The summed E-state index contributed by atoms with van der Waals surface area (Å²) in [6.45, 7) is 4.02. The van der Waals surface area contributed by atoms with Crippen LogP contribution >= 0.6 is 0 Å². The summed E-state index contributed by atoms with van der Waals surface area (Å²) in [6.07, 6.45) is 1.67. The van der Waals surface area contributed by atoms with Crippen LogP contribution in [0.3, 0.4) is 0 Å². The van der Waals surface area contributed by atoms with Gasteiger partial charge in [0.1, 0.15) is 11.6 Å². The second-order valence-corrected chi connectivity index (χ2v) is 18.4. The van der Waals surface area contributed by atoms with Gasteiger partial charge in [0.05, 0.1) is 28.0 Å². The molecule has 0 aliphatic carbocycles. The third-order valence-electron chi connectivity index (χ3n) is 12.3. The van der Waals surface area contributed by atoms with Crippen LogP contribution in [0.1, 0.15) is 103 Å². The Balaban J connectivity index is 1.28. The van der Waals surface area contributed by atoms with Crippen molar-refractivity contribution in [1.29, 1.82) is 0 Å². The molecule has 0 bridgehead atoms. The molecule has 2 aromatic heterocycles. The maximum Gasteiger partial charge on any atom is 0.149 e. The van der Waals surface area contributed by atoms with Crippen LogP contribution in [0.15, 0.2) is 164 Å². The van der Waals surface area contributed by atoms with E-state index in [1.807, 2.05) is 88.4 Å². The Bertz CT molecular complexity index is 3570. The lowest BCUT2D eigenvalue weighted by Crippen LogP contribution is -2.11. The van der Waals surface area contributed by atoms with Gasteiger partial charge in [0.15, 0.2) is 0 Å². The number of hydrogen-bond donors (Lipinski definition) is 1. The van der Waals surface area contributed by atoms with Crippen molar-refractivity contribution >= 4 is 11.0 Å². The number of phenolic OH excluding ortho intramolecular Hbond substituents is 1. The first-order chi connectivity index (χ1) is 35.1. The van der Waals surface area contributed by atoms with Gasteiger partial charge in [0, 0.05) is 36.6 Å². The van der Waals surface area contributed by atoms with Crippen molar-refractivity contribution in [3.8, 4) is 78.6 Å². The van der Waals surface area contributed by atoms with Crippen LogP contribution in [-0.4, -0.2) is 19.6 Å². The summed E-state index contributed by atoms with van der Waals surface area (Å²) in [5, 5.41) is 12.0. The van der Waals surface area contributed by atoms with E-state index in [9.17, 15) is 6.48 Å². The van der Waals surface area contributed by atoms with Crippen LogP contribution in [0, 0.1) is 13.8 Å². The molecule has 0 spiro atoms. The molecule has 0 aliphatic rings. The minimum Gasteiger partial charge on any atom is -0.507 e. The monoisotopic (exact) mass is 860 g/mol. The summed E-state index contributed by atoms with van der Waals surface area (Å²) in [5.41, 5.74) is 10.8. The standard InChI is InChI=1S/C61H59N3O/c1-38(2)50-36-52(43-20-15-12-16-21-43)56(37-51(50)42-18-13-11-14-19-42)64-55-23-17-22-49(57(55)63-59(64)53-31-39(3)30-40(4)58(53)65)45-32-46(34-48(33-45)61(8,9)10)54-35-44(28-29-62-54)41-24-26-47(27-25-41)60(5,6)7/h11-38,65H,1-10H3/i5D3,6D3,7D3,38D. The second-order valence-electron chi connectivity index (χ2n) is 18.4. The first-order valence-electron chi connectivity index (χ1n) is 27.0. The molecule has 0 saturated carbocycles. The number of rotatable bonds is 8. The van der Waals surface area contributed by atoms with Gasteiger partial charge in [0.2, 0.25) is 0 Å². The number of benzene rings is 7. The van der Waals surface area contributed by atoms with Gasteiger partial charge in [-0.1, -0.05) is 164 Å². The normalized spacial score (nSPS) is 15.1. The highest BCUT2D eigenvalue weighted by molar-refractivity contribution is 5.98. The van der Waals surface area contributed by atoms with Crippen molar-refractivity contribution in [3.05, 3.63) is 192 Å². The largest absolute Gasteiger partial charge is 0.507 e. The summed E-state index contributed by atoms with van der Waals surface area (Å²) in [4.78, 5) is 10.4. The number of para-hydroxylation sites is 1. The third kappa shape index (κ3) is 8.42. The molecule has 7 aromatic carbocycles. The minimum absolute atomic E-state index is 0.121. The fourth-order valence-corrected chi connectivity index (χ4v) is 8.82. The van der Waals surface area contributed by atoms with Gasteiger partial charge in [-0.2, -0.15) is 0 Å². The number of fused-ring (bicyclic) bond motifs is 1. The van der Waals surface area contributed by atoms with Crippen LogP contribution in [0.4, 0.5) is 0 Å². The third-order valence-corrected chi connectivity index (χ3v) is 12.3. The number of aromatic hydroxyl groups is 1. The Kier molecular flexibility index (Phi) is 8.44. The summed E-state index contributed by atoms with van der Waals surface area (Å²) >= 11 is 0. The van der Waals surface area contributed by atoms with Gasteiger partial charge in [-0.3, -0.25) is 9.55 Å². The zero-order valence-electron chi connectivity index (χ0n) is 47.9. The second kappa shape index (κ2) is 16.8. The van der Waals surface area contributed by atoms with E-state index in [4.69, 9.17) is 22.3 Å². The van der Waals surface area contributed by atoms with Crippen molar-refractivity contribution in [2.45, 2.75) is 85.7 Å². The first kappa shape index (κ1) is 32.6. The average Bonchev–Trinajstić information content (AvgIpc) is 3.73. The Hall–Kier alpha value is -7.04. The van der Waals surface area contributed by atoms with Crippen molar-refractivity contribution < 1.29 is 18.8 Å². The average molecular weight is 860 g/mol. The molecule has 9 aromatic rings. The van der Waals surface area contributed by atoms with Crippen molar-refractivity contribution in [3.63, 3.8) is 0 Å². The highest BCUT2D eigenvalue weighted by Crippen LogP contribution is 2.45. The van der Waals surface area contributed by atoms with Crippen molar-refractivity contribution in [1.82, 2.24) is 14.5 Å². The van der Waals surface area contributed by atoms with E-state index >= 15 is 0 Å². The lowest BCUT2D eigenvalue weighted by molar-refractivity contribution is 0.472. The SMILES string of the molecule is [2H]C(C)(C)c1cc(-c2ccccc2)c(-n2c(-c3cc(C)cc(C)c3O)nc3c(-c4cc(-c5cc(-c6ccc(C(C([2H])([2H])[2H])(C([2H])([2H])[2H])C([2H])([2H])[2H])cc6)ccn5)cc(C(C)(C)C)c4)cccc32)cc1-c1ccccc1. The number of imidazole rings is 1. The summed E-state index contributed by atoms with van der Waals surface area (Å²) in [7, 11) is 0. The molecule has 9 rings (SSSR count). The molecule has 65 heavy (non-hydrogen) atoms. The summed E-state index contributed by atoms with van der Waals surface area (Å²) < 4.78 is 85.5. The van der Waals surface area contributed by atoms with Crippen LogP contribution in [0.2, 0.25) is 0 Å². The predicted octanol–water partition coefficient (Wildman–Crippen LogP) is 16.5. The maximum atomic E-state index is 12.0. The van der Waals surface area contributed by atoms with Gasteiger partial charge in [-0.15, -0.1) is 0 Å². The van der Waals surface area contributed by atoms with Crippen LogP contribution < -0.4 is 0 Å². The number of aromatic nitrogens is 3. The van der Waals surface area contributed by atoms with Gasteiger partial charge in [-0.05, 0) is 140 Å². The predicted molar refractivity (Wildman–Crippen MR) is 274 cm³/mol. The van der Waals surface area contributed by atoms with E-state index < -0.39 is 31.9 Å². The first-order valence-corrected chi connectivity index (χ1v) is 22.0. The summed E-state index contributed by atoms with van der Waals surface area (Å²) in [6, 6.07) is 50.4. The Labute approximate surface area is 399 Å². The molecule has 0 saturated heterocycles. The van der Waals surface area contributed by atoms with E-state index in [0.717, 1.165) is 66.8 Å². The van der Waals surface area contributed by atoms with Crippen LogP contribution in [0.25, 0.3) is 83.9 Å². The van der Waals surface area contributed by atoms with Gasteiger partial charge >= 0.3 is 0 Å². The van der Waals surface area contributed by atoms with E-state index in [1.165, 1.54) is 12.1 Å². The van der Waals surface area contributed by atoms with E-state index in [1.54, 1.807) is 24.4 Å². The number of hydrogen-bond acceptors (Lipinski definition) is 3.